The van der Waals surface area contributed by atoms with Crippen molar-refractivity contribution in [2.75, 3.05) is 18.0 Å². The van der Waals surface area contributed by atoms with E-state index in [-0.39, 0.29) is 29.8 Å². The molecule has 0 aliphatic heterocycles. The third-order valence-corrected chi connectivity index (χ3v) is 10.6. The maximum Gasteiger partial charge on any atom is 0.264 e. The molecule has 0 unspecified atom stereocenters. The first-order valence-corrected chi connectivity index (χ1v) is 17.9. The average molecular weight is 741 g/mol. The highest BCUT2D eigenvalue weighted by Gasteiger charge is 2.35. The Morgan fingerprint density at radius 2 is 1.62 bits per heavy atom. The molecule has 0 saturated carbocycles. The van der Waals surface area contributed by atoms with E-state index < -0.39 is 28.5 Å². The van der Waals surface area contributed by atoms with Crippen LogP contribution in [0.15, 0.2) is 106 Å². The molecule has 0 bridgehead atoms. The lowest BCUT2D eigenvalue weighted by atomic mass is 10.0. The Bertz CT molecular complexity index is 1790. The number of methoxy groups -OCH3 is 1. The number of nitrogens with zero attached hydrogens (tertiary/aromatic N) is 2. The lowest BCUT2D eigenvalue weighted by Gasteiger charge is -2.34. The van der Waals surface area contributed by atoms with Crippen LogP contribution in [0, 0.1) is 6.92 Å². The first-order valence-electron chi connectivity index (χ1n) is 15.2. The minimum Gasteiger partial charge on any atom is -0.496 e. The van der Waals surface area contributed by atoms with E-state index in [1.807, 2.05) is 51.1 Å². The van der Waals surface area contributed by atoms with E-state index in [1.54, 1.807) is 54.6 Å². The Kier molecular flexibility index (Phi) is 12.5. The standard InChI is InChI=1S/C36H39BrClN3O5S/c1-5-26(3)39-36(43)33(21-27-11-7-6-8-12-27)40(23-28-13-9-10-14-32(28)38)35(42)24-41(29-17-15-25(2)16-18-29)47(44,45)30-19-20-34(46-4)31(37)22-30/h6-20,22,26,33H,5,21,23-24H2,1-4H3,(H,39,43)/t26-,33-/m0/s1. The van der Waals surface area contributed by atoms with Gasteiger partial charge in [-0.1, -0.05) is 84.8 Å². The van der Waals surface area contributed by atoms with Crippen LogP contribution in [-0.2, 0) is 32.6 Å². The number of hydrogen-bond donors (Lipinski definition) is 1. The highest BCUT2D eigenvalue weighted by molar-refractivity contribution is 9.10. The molecule has 0 aliphatic carbocycles. The van der Waals surface area contributed by atoms with Gasteiger partial charge >= 0.3 is 0 Å². The molecule has 0 aliphatic rings. The van der Waals surface area contributed by atoms with Crippen molar-refractivity contribution in [1.29, 1.82) is 0 Å². The van der Waals surface area contributed by atoms with E-state index in [2.05, 4.69) is 21.2 Å². The highest BCUT2D eigenvalue weighted by Crippen LogP contribution is 2.31. The molecule has 0 aromatic heterocycles. The van der Waals surface area contributed by atoms with Crippen molar-refractivity contribution in [1.82, 2.24) is 10.2 Å². The van der Waals surface area contributed by atoms with Crippen LogP contribution in [0.3, 0.4) is 0 Å². The lowest BCUT2D eigenvalue weighted by molar-refractivity contribution is -0.140. The molecule has 2 atom stereocenters. The minimum absolute atomic E-state index is 0.0141. The molecular formula is C36H39BrClN3O5S. The number of carbonyl (C=O) groups excluding carboxylic acids is 2. The molecule has 47 heavy (non-hydrogen) atoms. The summed E-state index contributed by atoms with van der Waals surface area (Å²) in [4.78, 5) is 30.0. The van der Waals surface area contributed by atoms with Crippen LogP contribution in [0.2, 0.25) is 5.02 Å². The molecule has 0 radical (unpaired) electrons. The summed E-state index contributed by atoms with van der Waals surface area (Å²) < 4.78 is 35.4. The number of aryl methyl sites for hydroxylation is 1. The Balaban J connectivity index is 1.83. The van der Waals surface area contributed by atoms with Gasteiger partial charge in [0.25, 0.3) is 10.0 Å². The fraction of sp³-hybridized carbons (Fsp3) is 0.278. The van der Waals surface area contributed by atoms with Crippen LogP contribution in [-0.4, -0.2) is 50.9 Å². The molecule has 2 amide bonds. The van der Waals surface area contributed by atoms with E-state index in [0.717, 1.165) is 15.4 Å². The van der Waals surface area contributed by atoms with E-state index >= 15 is 0 Å². The number of amides is 2. The van der Waals surface area contributed by atoms with Crippen molar-refractivity contribution < 1.29 is 22.7 Å². The molecule has 8 nitrogen and oxygen atoms in total. The molecule has 4 aromatic rings. The Hall–Kier alpha value is -3.86. The Morgan fingerprint density at radius 3 is 2.23 bits per heavy atom. The number of nitrogens with one attached hydrogen (secondary N) is 1. The van der Waals surface area contributed by atoms with Gasteiger partial charge in [-0.3, -0.25) is 13.9 Å². The molecule has 4 rings (SSSR count). The van der Waals surface area contributed by atoms with Crippen molar-refractivity contribution in [2.24, 2.45) is 0 Å². The molecule has 0 fully saturated rings. The zero-order valence-electron chi connectivity index (χ0n) is 26.8. The number of ether oxygens (including phenoxy) is 1. The SMILES string of the molecule is CC[C@H](C)NC(=O)[C@H](Cc1ccccc1)N(Cc1ccccc1Cl)C(=O)CN(c1ccc(C)cc1)S(=O)(=O)c1ccc(OC)c(Br)c1. The summed E-state index contributed by atoms with van der Waals surface area (Å²) in [7, 11) is -2.79. The van der Waals surface area contributed by atoms with E-state index in [4.69, 9.17) is 16.3 Å². The second-order valence-electron chi connectivity index (χ2n) is 11.3. The summed E-state index contributed by atoms with van der Waals surface area (Å²) in [5, 5.41) is 3.46. The number of halogens is 2. The predicted molar refractivity (Wildman–Crippen MR) is 190 cm³/mol. The smallest absolute Gasteiger partial charge is 0.264 e. The quantitative estimate of drug-likeness (QED) is 0.148. The molecule has 248 valence electrons. The Labute approximate surface area is 290 Å². The van der Waals surface area contributed by atoms with Gasteiger partial charge in [0.05, 0.1) is 22.2 Å². The lowest BCUT2D eigenvalue weighted by Crippen LogP contribution is -2.54. The van der Waals surface area contributed by atoms with Crippen molar-refractivity contribution in [3.05, 3.63) is 123 Å². The number of benzene rings is 4. The van der Waals surface area contributed by atoms with Crippen molar-refractivity contribution in [2.45, 2.75) is 57.1 Å². The van der Waals surface area contributed by atoms with Gasteiger partial charge in [0.1, 0.15) is 18.3 Å². The maximum absolute atomic E-state index is 14.6. The zero-order valence-corrected chi connectivity index (χ0v) is 30.0. The van der Waals surface area contributed by atoms with Crippen LogP contribution in [0.4, 0.5) is 5.69 Å². The van der Waals surface area contributed by atoms with Gasteiger partial charge in [0.15, 0.2) is 0 Å². The first-order chi connectivity index (χ1) is 22.4. The maximum atomic E-state index is 14.6. The van der Waals surface area contributed by atoms with E-state index in [0.29, 0.717) is 32.9 Å². The molecule has 0 heterocycles. The number of carbonyl (C=O) groups is 2. The second-order valence-corrected chi connectivity index (χ2v) is 14.4. The molecule has 4 aromatic carbocycles. The van der Waals surface area contributed by atoms with Gasteiger partial charge in [0, 0.05) is 24.0 Å². The van der Waals surface area contributed by atoms with Gasteiger partial charge in [-0.25, -0.2) is 8.42 Å². The third-order valence-electron chi connectivity index (χ3n) is 7.88. The van der Waals surface area contributed by atoms with Crippen LogP contribution in [0.1, 0.15) is 37.0 Å². The number of hydrogen-bond acceptors (Lipinski definition) is 5. The highest BCUT2D eigenvalue weighted by atomic mass is 79.9. The van der Waals surface area contributed by atoms with E-state index in [9.17, 15) is 18.0 Å². The fourth-order valence-corrected chi connectivity index (χ4v) is 7.31. The Morgan fingerprint density at radius 1 is 0.957 bits per heavy atom. The average Bonchev–Trinajstić information content (AvgIpc) is 3.06. The van der Waals surface area contributed by atoms with Gasteiger partial charge in [-0.2, -0.15) is 0 Å². The molecule has 1 N–H and O–H groups in total. The molecular weight excluding hydrogens is 702 g/mol. The second kappa shape index (κ2) is 16.3. The van der Waals surface area contributed by atoms with Gasteiger partial charge in [-0.05, 0) is 83.7 Å². The summed E-state index contributed by atoms with van der Waals surface area (Å²) in [6, 6.07) is 26.7. The van der Waals surface area contributed by atoms with Gasteiger partial charge < -0.3 is 15.0 Å². The largest absolute Gasteiger partial charge is 0.496 e. The van der Waals surface area contributed by atoms with Gasteiger partial charge in [0.2, 0.25) is 11.8 Å². The monoisotopic (exact) mass is 739 g/mol. The number of anilines is 1. The van der Waals surface area contributed by atoms with Crippen LogP contribution >= 0.6 is 27.5 Å². The van der Waals surface area contributed by atoms with Gasteiger partial charge in [-0.15, -0.1) is 0 Å². The summed E-state index contributed by atoms with van der Waals surface area (Å²) in [5.74, 6) is -0.446. The summed E-state index contributed by atoms with van der Waals surface area (Å²) >= 11 is 9.96. The summed E-state index contributed by atoms with van der Waals surface area (Å²) in [6.07, 6.45) is 0.904. The normalized spacial score (nSPS) is 12.6. The first kappa shape index (κ1) is 36.0. The predicted octanol–water partition coefficient (Wildman–Crippen LogP) is 7.17. The summed E-state index contributed by atoms with van der Waals surface area (Å²) in [5.41, 5.74) is 2.70. The van der Waals surface area contributed by atoms with Crippen LogP contribution in [0.25, 0.3) is 0 Å². The van der Waals surface area contributed by atoms with Crippen molar-refractivity contribution in [3.63, 3.8) is 0 Å². The fourth-order valence-electron chi connectivity index (χ4n) is 4.98. The number of rotatable bonds is 14. The summed E-state index contributed by atoms with van der Waals surface area (Å²) in [6.45, 7) is 5.17. The minimum atomic E-state index is -4.28. The molecule has 0 saturated heterocycles. The zero-order chi connectivity index (χ0) is 34.1. The topological polar surface area (TPSA) is 96.0 Å². The number of sulfonamides is 1. The van der Waals surface area contributed by atoms with Crippen LogP contribution < -0.4 is 14.4 Å². The van der Waals surface area contributed by atoms with E-state index in [1.165, 1.54) is 24.1 Å². The molecule has 11 heteroatoms. The van der Waals surface area contributed by atoms with Crippen LogP contribution in [0.5, 0.6) is 5.75 Å². The van der Waals surface area contributed by atoms with Crippen molar-refractivity contribution in [3.8, 4) is 5.75 Å². The molecule has 0 spiro atoms. The third kappa shape index (κ3) is 9.15. The van der Waals surface area contributed by atoms with Crippen molar-refractivity contribution >= 4 is 55.1 Å².